The van der Waals surface area contributed by atoms with Gasteiger partial charge in [-0.15, -0.1) is 0 Å². The molecule has 2 amide bonds. The molecule has 38 heavy (non-hydrogen) atoms. The standard InChI is InChI=1S/C30H27NO7/c1-5-38-29(34)30(26-23(36-3)15-19(35-2)16-24(26)37-4)22(25(30)18-11-7-6-8-12-18)17-31-27(32)20-13-9-10-14-21(20)28(31)33/h6-16H,5,17H2,1-4H3. The number of benzene rings is 3. The molecule has 1 atom stereocenters. The van der Waals surface area contributed by atoms with Gasteiger partial charge in [-0.25, -0.2) is 0 Å². The number of carbonyl (C=O) groups excluding carboxylic acids is 3. The van der Waals surface area contributed by atoms with Crippen molar-refractivity contribution in [3.63, 3.8) is 0 Å². The second-order valence-electron chi connectivity index (χ2n) is 8.84. The maximum atomic E-state index is 14.0. The van der Waals surface area contributed by atoms with E-state index >= 15 is 0 Å². The summed E-state index contributed by atoms with van der Waals surface area (Å²) in [5.41, 5.74) is 1.59. The summed E-state index contributed by atoms with van der Waals surface area (Å²) < 4.78 is 22.5. The molecule has 1 unspecified atom stereocenters. The number of esters is 1. The van der Waals surface area contributed by atoms with Crippen molar-refractivity contribution < 1.29 is 33.3 Å². The van der Waals surface area contributed by atoms with Crippen LogP contribution in [0.3, 0.4) is 0 Å². The fraction of sp³-hybridized carbons (Fsp3) is 0.233. The Balaban J connectivity index is 1.72. The fourth-order valence-electron chi connectivity index (χ4n) is 5.28. The van der Waals surface area contributed by atoms with Gasteiger partial charge in [-0.1, -0.05) is 42.5 Å². The molecule has 2 aliphatic rings. The molecule has 8 nitrogen and oxygen atoms in total. The Hall–Kier alpha value is -4.59. The molecule has 1 aliphatic heterocycles. The van der Waals surface area contributed by atoms with Gasteiger partial charge in [-0.05, 0) is 35.8 Å². The van der Waals surface area contributed by atoms with E-state index in [1.807, 2.05) is 30.3 Å². The van der Waals surface area contributed by atoms with Crippen molar-refractivity contribution >= 4 is 23.4 Å². The minimum Gasteiger partial charge on any atom is -0.496 e. The van der Waals surface area contributed by atoms with Crippen molar-refractivity contribution in [2.75, 3.05) is 34.5 Å². The SMILES string of the molecule is CCOC(=O)C1(c2c(OC)cc(OC)cc2OC)C(CN2C(=O)c3ccccc3C2=O)=C1c1ccccc1. The summed E-state index contributed by atoms with van der Waals surface area (Å²) in [6.07, 6.45) is 0. The lowest BCUT2D eigenvalue weighted by Crippen LogP contribution is -2.35. The lowest BCUT2D eigenvalue weighted by Gasteiger charge is -2.25. The summed E-state index contributed by atoms with van der Waals surface area (Å²) in [6.45, 7) is 1.75. The third kappa shape index (κ3) is 3.63. The highest BCUT2D eigenvalue weighted by atomic mass is 16.5. The highest BCUT2D eigenvalue weighted by Crippen LogP contribution is 2.65. The zero-order valence-corrected chi connectivity index (χ0v) is 21.6. The molecular weight excluding hydrogens is 486 g/mol. The fourth-order valence-corrected chi connectivity index (χ4v) is 5.28. The van der Waals surface area contributed by atoms with Crippen molar-refractivity contribution in [3.8, 4) is 17.2 Å². The van der Waals surface area contributed by atoms with Gasteiger partial charge in [0.2, 0.25) is 0 Å². The van der Waals surface area contributed by atoms with Gasteiger partial charge in [0.1, 0.15) is 22.7 Å². The highest BCUT2D eigenvalue weighted by molar-refractivity contribution is 6.23. The third-order valence-electron chi connectivity index (χ3n) is 7.00. The molecule has 0 N–H and O–H groups in total. The van der Waals surface area contributed by atoms with E-state index in [0.717, 1.165) is 5.56 Å². The zero-order chi connectivity index (χ0) is 27.0. The monoisotopic (exact) mass is 513 g/mol. The Morgan fingerprint density at radius 3 is 1.87 bits per heavy atom. The van der Waals surface area contributed by atoms with E-state index in [1.54, 1.807) is 43.3 Å². The van der Waals surface area contributed by atoms with Crippen LogP contribution in [0.25, 0.3) is 5.57 Å². The van der Waals surface area contributed by atoms with Gasteiger partial charge in [-0.2, -0.15) is 0 Å². The van der Waals surface area contributed by atoms with Crippen LogP contribution in [0.15, 0.2) is 72.3 Å². The van der Waals surface area contributed by atoms with Crippen molar-refractivity contribution in [3.05, 3.63) is 94.6 Å². The molecule has 5 rings (SSSR count). The normalized spacial score (nSPS) is 17.8. The van der Waals surface area contributed by atoms with Crippen LogP contribution in [-0.2, 0) is 14.9 Å². The Labute approximate surface area is 220 Å². The predicted octanol–water partition coefficient (Wildman–Crippen LogP) is 4.28. The summed E-state index contributed by atoms with van der Waals surface area (Å²) in [5, 5.41) is 0. The van der Waals surface area contributed by atoms with Crippen LogP contribution in [0.4, 0.5) is 0 Å². The predicted molar refractivity (Wildman–Crippen MR) is 140 cm³/mol. The first kappa shape index (κ1) is 25.1. The van der Waals surface area contributed by atoms with Crippen LogP contribution in [-0.4, -0.2) is 57.2 Å². The van der Waals surface area contributed by atoms with Crippen molar-refractivity contribution in [2.24, 2.45) is 0 Å². The van der Waals surface area contributed by atoms with E-state index in [0.29, 0.717) is 45.1 Å². The molecule has 1 aliphatic carbocycles. The number of fused-ring (bicyclic) bond motifs is 1. The maximum Gasteiger partial charge on any atom is 0.325 e. The van der Waals surface area contributed by atoms with E-state index in [-0.39, 0.29) is 13.2 Å². The molecule has 1 heterocycles. The summed E-state index contributed by atoms with van der Waals surface area (Å²) in [7, 11) is 4.50. The van der Waals surface area contributed by atoms with Crippen LogP contribution in [0, 0.1) is 0 Å². The van der Waals surface area contributed by atoms with Gasteiger partial charge >= 0.3 is 5.97 Å². The number of rotatable bonds is 9. The Morgan fingerprint density at radius 1 is 0.816 bits per heavy atom. The third-order valence-corrected chi connectivity index (χ3v) is 7.00. The van der Waals surface area contributed by atoms with Gasteiger partial charge in [0.15, 0.2) is 0 Å². The summed E-state index contributed by atoms with van der Waals surface area (Å²) in [6, 6.07) is 19.4. The summed E-state index contributed by atoms with van der Waals surface area (Å²) in [4.78, 5) is 41.7. The van der Waals surface area contributed by atoms with E-state index in [2.05, 4.69) is 0 Å². The van der Waals surface area contributed by atoms with Crippen molar-refractivity contribution in [1.29, 1.82) is 0 Å². The molecule has 0 bridgehead atoms. The Morgan fingerprint density at radius 2 is 1.37 bits per heavy atom. The number of hydrogen-bond acceptors (Lipinski definition) is 7. The van der Waals surface area contributed by atoms with Crippen LogP contribution < -0.4 is 14.2 Å². The van der Waals surface area contributed by atoms with Crippen LogP contribution in [0.5, 0.6) is 17.2 Å². The number of carbonyl (C=O) groups is 3. The van der Waals surface area contributed by atoms with Crippen LogP contribution >= 0.6 is 0 Å². The van der Waals surface area contributed by atoms with Crippen LogP contribution in [0.1, 0.15) is 38.8 Å². The van der Waals surface area contributed by atoms with Crippen molar-refractivity contribution in [2.45, 2.75) is 12.3 Å². The first-order valence-corrected chi connectivity index (χ1v) is 12.2. The minimum absolute atomic E-state index is 0.103. The first-order valence-electron chi connectivity index (χ1n) is 12.2. The molecule has 0 aromatic heterocycles. The molecular formula is C30H27NO7. The summed E-state index contributed by atoms with van der Waals surface area (Å²) in [5.74, 6) is -0.203. The zero-order valence-electron chi connectivity index (χ0n) is 21.6. The van der Waals surface area contributed by atoms with E-state index < -0.39 is 23.2 Å². The molecule has 8 heteroatoms. The van der Waals surface area contributed by atoms with Gasteiger partial charge in [-0.3, -0.25) is 19.3 Å². The average molecular weight is 514 g/mol. The number of ether oxygens (including phenoxy) is 4. The molecule has 3 aromatic rings. The largest absolute Gasteiger partial charge is 0.496 e. The second-order valence-corrected chi connectivity index (χ2v) is 8.84. The number of amides is 2. The van der Waals surface area contributed by atoms with Gasteiger partial charge in [0.25, 0.3) is 11.8 Å². The van der Waals surface area contributed by atoms with Crippen LogP contribution in [0.2, 0.25) is 0 Å². The maximum absolute atomic E-state index is 14.0. The second kappa shape index (κ2) is 9.70. The molecule has 3 aromatic carbocycles. The first-order chi connectivity index (χ1) is 18.4. The number of imide groups is 1. The highest BCUT2D eigenvalue weighted by Gasteiger charge is 2.65. The van der Waals surface area contributed by atoms with Gasteiger partial charge in [0, 0.05) is 12.1 Å². The quantitative estimate of drug-likeness (QED) is 0.312. The number of nitrogens with zero attached hydrogens (tertiary/aromatic N) is 1. The molecule has 0 fully saturated rings. The Kier molecular flexibility index (Phi) is 6.40. The lowest BCUT2D eigenvalue weighted by molar-refractivity contribution is -0.145. The summed E-state index contributed by atoms with van der Waals surface area (Å²) >= 11 is 0. The number of methoxy groups -OCH3 is 3. The van der Waals surface area contributed by atoms with E-state index in [1.165, 1.54) is 26.2 Å². The van der Waals surface area contributed by atoms with E-state index in [4.69, 9.17) is 18.9 Å². The number of hydrogen-bond donors (Lipinski definition) is 0. The minimum atomic E-state index is -1.45. The van der Waals surface area contributed by atoms with E-state index in [9.17, 15) is 14.4 Å². The van der Waals surface area contributed by atoms with Gasteiger partial charge in [0.05, 0.1) is 51.2 Å². The smallest absolute Gasteiger partial charge is 0.325 e. The molecule has 0 radical (unpaired) electrons. The lowest BCUT2D eigenvalue weighted by atomic mass is 9.84. The topological polar surface area (TPSA) is 91.4 Å². The average Bonchev–Trinajstić information content (AvgIpc) is 3.56. The van der Waals surface area contributed by atoms with Crippen molar-refractivity contribution in [1.82, 2.24) is 4.90 Å². The molecule has 194 valence electrons. The van der Waals surface area contributed by atoms with Gasteiger partial charge < -0.3 is 18.9 Å². The Bertz CT molecular complexity index is 1420. The molecule has 0 saturated heterocycles. The molecule has 0 saturated carbocycles. The molecule has 0 spiro atoms.